The highest BCUT2D eigenvalue weighted by atomic mass is 32.2. The van der Waals surface area contributed by atoms with Gasteiger partial charge in [-0.3, -0.25) is 4.79 Å². The van der Waals surface area contributed by atoms with E-state index in [1.54, 1.807) is 12.1 Å². The van der Waals surface area contributed by atoms with E-state index in [9.17, 15) is 9.90 Å². The Labute approximate surface area is 167 Å². The molecule has 0 unspecified atom stereocenters. The summed E-state index contributed by atoms with van der Waals surface area (Å²) < 4.78 is 0. The molecule has 0 spiro atoms. The van der Waals surface area contributed by atoms with Crippen LogP contribution in [0, 0.1) is 0 Å². The molecule has 0 saturated heterocycles. The van der Waals surface area contributed by atoms with Crippen molar-refractivity contribution in [1.82, 2.24) is 10.4 Å². The minimum atomic E-state index is -0.229. The summed E-state index contributed by atoms with van der Waals surface area (Å²) in [6.45, 7) is 5.86. The highest BCUT2D eigenvalue weighted by molar-refractivity contribution is 7.99. The standard InChI is InChI=1S/C20H23N5O2S/c1-3-25(4-2)15-10-9-14(18(26)11-15)12-21-24-19(27)13-28-20-22-16-7-5-6-8-17(16)23-20/h5-12,26H,3-4,13H2,1-2H3,(H,22,23)(H,24,27)/p+1/b21-12+. The van der Waals surface area contributed by atoms with Crippen molar-refractivity contribution < 1.29 is 14.9 Å². The first-order valence-corrected chi connectivity index (χ1v) is 10.1. The number of hydrogen-bond acceptors (Lipinski definition) is 5. The van der Waals surface area contributed by atoms with Crippen molar-refractivity contribution in [1.29, 1.82) is 0 Å². The first-order chi connectivity index (χ1) is 13.6. The fourth-order valence-corrected chi connectivity index (χ4v) is 3.52. The number of nitrogens with one attached hydrogen (secondary N) is 3. The predicted octanol–water partition coefficient (Wildman–Crippen LogP) is 2.78. The number of hydrogen-bond donors (Lipinski definition) is 3. The van der Waals surface area contributed by atoms with Gasteiger partial charge in [0.05, 0.1) is 12.0 Å². The molecule has 7 nitrogen and oxygen atoms in total. The maximum Gasteiger partial charge on any atom is 0.315 e. The summed E-state index contributed by atoms with van der Waals surface area (Å²) in [7, 11) is 0. The first kappa shape index (κ1) is 19.8. The van der Waals surface area contributed by atoms with Gasteiger partial charge in [-0.25, -0.2) is 15.4 Å². The molecule has 3 aromatic rings. The molecule has 0 aliphatic rings. The Balaban J connectivity index is 1.53. The normalized spacial score (nSPS) is 11.2. The van der Waals surface area contributed by atoms with E-state index >= 15 is 0 Å². The minimum Gasteiger partial charge on any atom is -0.507 e. The molecule has 146 valence electrons. The number of H-pyrrole nitrogens is 2. The van der Waals surface area contributed by atoms with Crippen LogP contribution in [0.4, 0.5) is 5.69 Å². The number of imidazole rings is 1. The van der Waals surface area contributed by atoms with Crippen molar-refractivity contribution in [2.45, 2.75) is 19.0 Å². The van der Waals surface area contributed by atoms with Crippen LogP contribution in [0.5, 0.6) is 5.75 Å². The molecule has 2 aromatic carbocycles. The number of nitrogens with zero attached hydrogens (tertiary/aromatic N) is 2. The van der Waals surface area contributed by atoms with Gasteiger partial charge in [-0.15, -0.1) is 0 Å². The molecule has 0 atom stereocenters. The molecular formula is C20H24N5O2S+. The highest BCUT2D eigenvalue weighted by Gasteiger charge is 2.12. The number of anilines is 1. The summed E-state index contributed by atoms with van der Waals surface area (Å²) in [4.78, 5) is 20.6. The van der Waals surface area contributed by atoms with Crippen LogP contribution in [0.15, 0.2) is 52.7 Å². The summed E-state index contributed by atoms with van der Waals surface area (Å²) in [6, 6.07) is 13.3. The van der Waals surface area contributed by atoms with Crippen molar-refractivity contribution in [2.24, 2.45) is 5.10 Å². The third-order valence-electron chi connectivity index (χ3n) is 4.31. The minimum absolute atomic E-state index is 0.129. The lowest BCUT2D eigenvalue weighted by molar-refractivity contribution is -0.396. The van der Waals surface area contributed by atoms with Crippen LogP contribution in [0.25, 0.3) is 11.0 Å². The molecule has 0 fully saturated rings. The van der Waals surface area contributed by atoms with E-state index in [0.29, 0.717) is 5.56 Å². The topological polar surface area (TPSA) is 94.9 Å². The molecule has 3 rings (SSSR count). The van der Waals surface area contributed by atoms with E-state index in [1.807, 2.05) is 30.3 Å². The second-order valence-electron chi connectivity index (χ2n) is 6.12. The van der Waals surface area contributed by atoms with Crippen LogP contribution in [0.1, 0.15) is 19.4 Å². The third-order valence-corrected chi connectivity index (χ3v) is 5.21. The summed E-state index contributed by atoms with van der Waals surface area (Å²) in [5, 5.41) is 14.9. The molecular weight excluding hydrogens is 374 g/mol. The highest BCUT2D eigenvalue weighted by Crippen LogP contribution is 2.23. The van der Waals surface area contributed by atoms with Crippen LogP contribution < -0.4 is 15.3 Å². The number of aromatic hydroxyl groups is 1. The Kier molecular flexibility index (Phi) is 6.54. The summed E-state index contributed by atoms with van der Waals surface area (Å²) in [5.41, 5.74) is 5.97. The number of fused-ring (bicyclic) bond motifs is 1. The van der Waals surface area contributed by atoms with Gasteiger partial charge in [0, 0.05) is 30.4 Å². The number of rotatable bonds is 8. The zero-order valence-electron chi connectivity index (χ0n) is 15.9. The van der Waals surface area contributed by atoms with Gasteiger partial charge in [-0.05, 0) is 49.9 Å². The Hall–Kier alpha value is -3.00. The van der Waals surface area contributed by atoms with Crippen LogP contribution in [0.2, 0.25) is 0 Å². The van der Waals surface area contributed by atoms with Crippen LogP contribution >= 0.6 is 11.8 Å². The number of phenols is 1. The number of amides is 1. The number of phenolic OH excluding ortho intramolecular Hbond substituents is 1. The van der Waals surface area contributed by atoms with Gasteiger partial charge in [0.25, 0.3) is 5.91 Å². The molecule has 1 amide bonds. The van der Waals surface area contributed by atoms with Gasteiger partial charge in [-0.1, -0.05) is 12.1 Å². The SMILES string of the molecule is CCN(CC)c1ccc(/C=N/NC(=O)CSc2[nH]c3ccccc3[nH+]2)c(O)c1. The lowest BCUT2D eigenvalue weighted by Gasteiger charge is -2.21. The smallest absolute Gasteiger partial charge is 0.315 e. The number of aromatic nitrogens is 2. The molecule has 0 aliphatic heterocycles. The fraction of sp³-hybridized carbons (Fsp3) is 0.250. The first-order valence-electron chi connectivity index (χ1n) is 9.13. The number of carbonyl (C=O) groups excluding carboxylic acids is 1. The van der Waals surface area contributed by atoms with Crippen molar-refractivity contribution >= 4 is 40.6 Å². The Morgan fingerprint density at radius 2 is 2.07 bits per heavy atom. The summed E-state index contributed by atoms with van der Waals surface area (Å²) in [5.74, 6) is 0.116. The van der Waals surface area contributed by atoms with Crippen molar-refractivity contribution in [2.75, 3.05) is 23.7 Å². The average molecular weight is 399 g/mol. The fourth-order valence-electron chi connectivity index (χ4n) is 2.82. The van der Waals surface area contributed by atoms with E-state index in [2.05, 4.69) is 39.2 Å². The number of hydrazone groups is 1. The van der Waals surface area contributed by atoms with Gasteiger partial charge in [0.2, 0.25) is 0 Å². The maximum atomic E-state index is 12.0. The van der Waals surface area contributed by atoms with E-state index in [0.717, 1.165) is 35.0 Å². The van der Waals surface area contributed by atoms with Gasteiger partial charge >= 0.3 is 5.16 Å². The molecule has 0 bridgehead atoms. The summed E-state index contributed by atoms with van der Waals surface area (Å²) >= 11 is 1.36. The van der Waals surface area contributed by atoms with E-state index in [-0.39, 0.29) is 17.4 Å². The molecule has 8 heteroatoms. The Morgan fingerprint density at radius 1 is 1.29 bits per heavy atom. The second kappa shape index (κ2) is 9.27. The van der Waals surface area contributed by atoms with Gasteiger partial charge in [0.15, 0.2) is 11.0 Å². The molecule has 1 aromatic heterocycles. The van der Waals surface area contributed by atoms with E-state index < -0.39 is 0 Å². The number of aromatic amines is 2. The molecule has 0 saturated carbocycles. The maximum absolute atomic E-state index is 12.0. The zero-order chi connectivity index (χ0) is 19.9. The van der Waals surface area contributed by atoms with Crippen LogP contribution in [0.3, 0.4) is 0 Å². The zero-order valence-corrected chi connectivity index (χ0v) is 16.7. The van der Waals surface area contributed by atoms with Crippen LogP contribution in [-0.2, 0) is 4.79 Å². The molecule has 0 aliphatic carbocycles. The largest absolute Gasteiger partial charge is 0.507 e. The summed E-state index contributed by atoms with van der Waals surface area (Å²) in [6.07, 6.45) is 1.44. The van der Waals surface area contributed by atoms with E-state index in [4.69, 9.17) is 0 Å². The van der Waals surface area contributed by atoms with Crippen molar-refractivity contribution in [3.05, 3.63) is 48.0 Å². The van der Waals surface area contributed by atoms with Crippen LogP contribution in [-0.4, -0.2) is 41.1 Å². The second-order valence-corrected chi connectivity index (χ2v) is 7.11. The van der Waals surface area contributed by atoms with Gasteiger partial charge in [-0.2, -0.15) is 5.10 Å². The average Bonchev–Trinajstić information content (AvgIpc) is 3.12. The Bertz CT molecular complexity index is 949. The number of carbonyl (C=O) groups is 1. The lowest BCUT2D eigenvalue weighted by Crippen LogP contribution is -2.21. The molecule has 1 heterocycles. The predicted molar refractivity (Wildman–Crippen MR) is 113 cm³/mol. The van der Waals surface area contributed by atoms with Gasteiger partial charge in [0.1, 0.15) is 5.75 Å². The lowest BCUT2D eigenvalue weighted by atomic mass is 10.2. The molecule has 0 radical (unpaired) electrons. The number of thioether (sulfide) groups is 1. The van der Waals surface area contributed by atoms with Crippen molar-refractivity contribution in [3.8, 4) is 5.75 Å². The molecule has 4 N–H and O–H groups in total. The van der Waals surface area contributed by atoms with Crippen molar-refractivity contribution in [3.63, 3.8) is 0 Å². The van der Waals surface area contributed by atoms with E-state index in [1.165, 1.54) is 18.0 Å². The molecule has 28 heavy (non-hydrogen) atoms. The quantitative estimate of drug-likeness (QED) is 0.309. The number of para-hydroxylation sites is 2. The monoisotopic (exact) mass is 398 g/mol. The van der Waals surface area contributed by atoms with Gasteiger partial charge < -0.3 is 10.0 Å². The number of benzene rings is 2. The Morgan fingerprint density at radius 3 is 2.79 bits per heavy atom. The third kappa shape index (κ3) is 4.83.